The third kappa shape index (κ3) is 2.68. The highest BCUT2D eigenvalue weighted by molar-refractivity contribution is 14.1. The fourth-order valence-corrected chi connectivity index (χ4v) is 2.07. The van der Waals surface area contributed by atoms with Crippen LogP contribution in [0.3, 0.4) is 0 Å². The molecule has 1 aromatic rings. The topological polar surface area (TPSA) is 46.2 Å². The van der Waals surface area contributed by atoms with Crippen LogP contribution < -0.4 is 5.73 Å². The van der Waals surface area contributed by atoms with Crippen LogP contribution >= 0.6 is 22.6 Å². The Balaban J connectivity index is 3.00. The second-order valence-corrected chi connectivity index (χ2v) is 4.63. The first-order valence-corrected chi connectivity index (χ1v) is 5.86. The van der Waals surface area contributed by atoms with E-state index in [0.29, 0.717) is 0 Å². The summed E-state index contributed by atoms with van der Waals surface area (Å²) in [6.07, 6.45) is 0.498. The fourth-order valence-electron chi connectivity index (χ4n) is 1.35. The summed E-state index contributed by atoms with van der Waals surface area (Å²) < 4.78 is 1.26. The van der Waals surface area contributed by atoms with Gasteiger partial charge in [0, 0.05) is 3.57 Å². The van der Waals surface area contributed by atoms with Gasteiger partial charge in [0.1, 0.15) is 0 Å². The molecule has 1 rings (SSSR count). The summed E-state index contributed by atoms with van der Waals surface area (Å²) in [5.41, 5.74) is 8.16. The molecule has 0 aromatic heterocycles. The Bertz CT molecular complexity index is 312. The average molecular weight is 305 g/mol. The smallest absolute Gasteiger partial charge is 0.0704 e. The SMILES string of the molecule is CCc1cc([C@@H](N)[C@H](C)O)ccc1I. The van der Waals surface area contributed by atoms with Gasteiger partial charge >= 0.3 is 0 Å². The monoisotopic (exact) mass is 305 g/mol. The van der Waals surface area contributed by atoms with Gasteiger partial charge in [0.05, 0.1) is 12.1 Å². The van der Waals surface area contributed by atoms with Crippen molar-refractivity contribution < 1.29 is 5.11 Å². The number of halogens is 1. The van der Waals surface area contributed by atoms with Crippen molar-refractivity contribution in [2.24, 2.45) is 5.73 Å². The van der Waals surface area contributed by atoms with Crippen molar-refractivity contribution in [1.29, 1.82) is 0 Å². The second kappa shape index (κ2) is 5.09. The largest absolute Gasteiger partial charge is 0.391 e. The second-order valence-electron chi connectivity index (χ2n) is 3.47. The highest BCUT2D eigenvalue weighted by Crippen LogP contribution is 2.20. The molecule has 0 unspecified atom stereocenters. The van der Waals surface area contributed by atoms with E-state index in [1.54, 1.807) is 6.92 Å². The van der Waals surface area contributed by atoms with Gasteiger partial charge in [0.25, 0.3) is 0 Å². The molecule has 0 saturated carbocycles. The number of nitrogens with two attached hydrogens (primary N) is 1. The molecule has 0 aliphatic rings. The van der Waals surface area contributed by atoms with Gasteiger partial charge in [-0.3, -0.25) is 0 Å². The van der Waals surface area contributed by atoms with E-state index in [9.17, 15) is 5.11 Å². The van der Waals surface area contributed by atoms with Gasteiger partial charge in [-0.15, -0.1) is 0 Å². The first-order valence-electron chi connectivity index (χ1n) is 4.78. The lowest BCUT2D eigenvalue weighted by molar-refractivity contribution is 0.164. The first kappa shape index (κ1) is 11.9. The number of benzene rings is 1. The Morgan fingerprint density at radius 3 is 2.64 bits per heavy atom. The van der Waals surface area contributed by atoms with Gasteiger partial charge in [-0.25, -0.2) is 0 Å². The molecule has 2 atom stereocenters. The summed E-state index contributed by atoms with van der Waals surface area (Å²) in [5, 5.41) is 9.38. The predicted octanol–water partition coefficient (Wildman–Crippen LogP) is 2.23. The Kier molecular flexibility index (Phi) is 4.34. The highest BCUT2D eigenvalue weighted by atomic mass is 127. The van der Waals surface area contributed by atoms with Gasteiger partial charge in [0.2, 0.25) is 0 Å². The Labute approximate surface area is 98.7 Å². The van der Waals surface area contributed by atoms with Crippen molar-refractivity contribution >= 4 is 22.6 Å². The molecule has 0 radical (unpaired) electrons. The maximum Gasteiger partial charge on any atom is 0.0704 e. The number of aryl methyl sites for hydroxylation is 1. The lowest BCUT2D eigenvalue weighted by Gasteiger charge is -2.16. The zero-order chi connectivity index (χ0) is 10.7. The van der Waals surface area contributed by atoms with Crippen molar-refractivity contribution in [3.63, 3.8) is 0 Å². The van der Waals surface area contributed by atoms with Crippen LogP contribution in [0, 0.1) is 3.57 Å². The number of hydrogen-bond donors (Lipinski definition) is 2. The summed E-state index contributed by atoms with van der Waals surface area (Å²) >= 11 is 2.31. The maximum atomic E-state index is 9.38. The van der Waals surface area contributed by atoms with Crippen LogP contribution in [0.25, 0.3) is 0 Å². The third-order valence-electron chi connectivity index (χ3n) is 2.36. The molecule has 0 fully saturated rings. The molecule has 0 amide bonds. The van der Waals surface area contributed by atoms with Gasteiger partial charge in [0.15, 0.2) is 0 Å². The molecule has 0 saturated heterocycles. The maximum absolute atomic E-state index is 9.38. The zero-order valence-corrected chi connectivity index (χ0v) is 10.7. The lowest BCUT2D eigenvalue weighted by atomic mass is 10.0. The molecule has 0 bridgehead atoms. The van der Waals surface area contributed by atoms with Crippen molar-refractivity contribution in [2.45, 2.75) is 32.4 Å². The van der Waals surface area contributed by atoms with Gasteiger partial charge in [-0.2, -0.15) is 0 Å². The summed E-state index contributed by atoms with van der Waals surface area (Å²) in [5.74, 6) is 0. The zero-order valence-electron chi connectivity index (χ0n) is 8.50. The number of aliphatic hydroxyl groups excluding tert-OH is 1. The first-order chi connectivity index (χ1) is 6.56. The Morgan fingerprint density at radius 2 is 2.14 bits per heavy atom. The third-order valence-corrected chi connectivity index (χ3v) is 3.41. The van der Waals surface area contributed by atoms with Crippen molar-refractivity contribution in [3.8, 4) is 0 Å². The molecule has 78 valence electrons. The fraction of sp³-hybridized carbons (Fsp3) is 0.455. The molecule has 0 spiro atoms. The summed E-state index contributed by atoms with van der Waals surface area (Å²) in [7, 11) is 0. The van der Waals surface area contributed by atoms with E-state index in [0.717, 1.165) is 12.0 Å². The minimum Gasteiger partial charge on any atom is -0.391 e. The Morgan fingerprint density at radius 1 is 1.50 bits per heavy atom. The number of hydrogen-bond acceptors (Lipinski definition) is 2. The Hall–Kier alpha value is -0.130. The van der Waals surface area contributed by atoms with Crippen LogP contribution in [0.5, 0.6) is 0 Å². The molecule has 0 aliphatic heterocycles. The van der Waals surface area contributed by atoms with E-state index in [2.05, 4.69) is 41.6 Å². The molecule has 3 heteroatoms. The van der Waals surface area contributed by atoms with E-state index < -0.39 is 6.10 Å². The standard InChI is InChI=1S/C11H16INO/c1-3-8-6-9(4-5-10(8)12)11(13)7(2)14/h4-7,11,14H,3,13H2,1-2H3/t7-,11-/m0/s1. The molecule has 0 heterocycles. The summed E-state index contributed by atoms with van der Waals surface area (Å²) in [4.78, 5) is 0. The molecule has 3 N–H and O–H groups in total. The number of rotatable bonds is 3. The van der Waals surface area contributed by atoms with Gasteiger partial charge in [-0.05, 0) is 53.1 Å². The molecule has 2 nitrogen and oxygen atoms in total. The van der Waals surface area contributed by atoms with E-state index in [1.807, 2.05) is 6.07 Å². The molecule has 14 heavy (non-hydrogen) atoms. The highest BCUT2D eigenvalue weighted by Gasteiger charge is 2.12. The van der Waals surface area contributed by atoms with Crippen LogP contribution in [-0.4, -0.2) is 11.2 Å². The van der Waals surface area contributed by atoms with Crippen LogP contribution in [0.2, 0.25) is 0 Å². The summed E-state index contributed by atoms with van der Waals surface area (Å²) in [6.45, 7) is 3.84. The van der Waals surface area contributed by atoms with Crippen molar-refractivity contribution in [1.82, 2.24) is 0 Å². The minimum absolute atomic E-state index is 0.280. The van der Waals surface area contributed by atoms with Crippen LogP contribution in [0.1, 0.15) is 31.0 Å². The molecule has 1 aromatic carbocycles. The quantitative estimate of drug-likeness (QED) is 0.841. The van der Waals surface area contributed by atoms with E-state index >= 15 is 0 Å². The van der Waals surface area contributed by atoms with Crippen LogP contribution in [0.4, 0.5) is 0 Å². The molecular formula is C11H16INO. The average Bonchev–Trinajstić information content (AvgIpc) is 2.17. The minimum atomic E-state index is -0.500. The predicted molar refractivity (Wildman–Crippen MR) is 67.1 cm³/mol. The van der Waals surface area contributed by atoms with Crippen LogP contribution in [-0.2, 0) is 6.42 Å². The van der Waals surface area contributed by atoms with Crippen molar-refractivity contribution in [2.75, 3.05) is 0 Å². The summed E-state index contributed by atoms with van der Waals surface area (Å²) in [6, 6.07) is 5.84. The van der Waals surface area contributed by atoms with Crippen molar-refractivity contribution in [3.05, 3.63) is 32.9 Å². The number of aliphatic hydroxyl groups is 1. The molecular weight excluding hydrogens is 289 g/mol. The normalized spacial score (nSPS) is 15.2. The van der Waals surface area contributed by atoms with E-state index in [4.69, 9.17) is 5.73 Å². The van der Waals surface area contributed by atoms with Gasteiger partial charge in [-0.1, -0.05) is 19.1 Å². The van der Waals surface area contributed by atoms with E-state index in [-0.39, 0.29) is 6.04 Å². The van der Waals surface area contributed by atoms with E-state index in [1.165, 1.54) is 9.13 Å². The molecule has 0 aliphatic carbocycles. The lowest BCUT2D eigenvalue weighted by Crippen LogP contribution is -2.23. The van der Waals surface area contributed by atoms with Gasteiger partial charge < -0.3 is 10.8 Å². The van der Waals surface area contributed by atoms with Crippen LogP contribution in [0.15, 0.2) is 18.2 Å².